The highest BCUT2D eigenvalue weighted by Gasteiger charge is 2.30. The summed E-state index contributed by atoms with van der Waals surface area (Å²) in [7, 11) is 0. The predicted molar refractivity (Wildman–Crippen MR) is 42.2 cm³/mol. The molecular formula is C9H14O2. The minimum absolute atomic E-state index is 0.0740. The van der Waals surface area contributed by atoms with Crippen LogP contribution in [0.2, 0.25) is 0 Å². The topological polar surface area (TPSA) is 34.1 Å². The third-order valence-corrected chi connectivity index (χ3v) is 2.29. The molecule has 0 aromatic rings. The Morgan fingerprint density at radius 1 is 1.64 bits per heavy atom. The van der Waals surface area contributed by atoms with Crippen LogP contribution in [0.15, 0.2) is 0 Å². The second-order valence-corrected chi connectivity index (χ2v) is 3.53. The van der Waals surface area contributed by atoms with Crippen LogP contribution < -0.4 is 0 Å². The summed E-state index contributed by atoms with van der Waals surface area (Å²) in [5.41, 5.74) is 0. The van der Waals surface area contributed by atoms with Crippen molar-refractivity contribution in [2.75, 3.05) is 0 Å². The Hall–Kier alpha value is -0.660. The average molecular weight is 154 g/mol. The van der Waals surface area contributed by atoms with E-state index in [0.29, 0.717) is 12.8 Å². The summed E-state index contributed by atoms with van der Waals surface area (Å²) in [6.07, 6.45) is 2.10. The summed E-state index contributed by atoms with van der Waals surface area (Å²) in [5, 5.41) is 0. The van der Waals surface area contributed by atoms with Crippen molar-refractivity contribution in [1.29, 1.82) is 0 Å². The van der Waals surface area contributed by atoms with Crippen molar-refractivity contribution in [3.8, 4) is 0 Å². The summed E-state index contributed by atoms with van der Waals surface area (Å²) in [5.74, 6) is 0.662. The van der Waals surface area contributed by atoms with Crippen molar-refractivity contribution in [3.05, 3.63) is 0 Å². The van der Waals surface area contributed by atoms with Crippen molar-refractivity contribution >= 4 is 11.6 Å². The summed E-state index contributed by atoms with van der Waals surface area (Å²) in [6, 6.07) is 0. The molecule has 1 aliphatic carbocycles. The van der Waals surface area contributed by atoms with Gasteiger partial charge in [-0.25, -0.2) is 0 Å². The van der Waals surface area contributed by atoms with E-state index in [4.69, 9.17) is 0 Å². The van der Waals surface area contributed by atoms with Crippen molar-refractivity contribution in [1.82, 2.24) is 0 Å². The number of hydrogen-bond acceptors (Lipinski definition) is 2. The summed E-state index contributed by atoms with van der Waals surface area (Å²) < 4.78 is 0. The molecule has 0 amide bonds. The molecule has 1 saturated carbocycles. The Morgan fingerprint density at radius 3 is 2.55 bits per heavy atom. The summed E-state index contributed by atoms with van der Waals surface area (Å²) in [6.45, 7) is 3.76. The van der Waals surface area contributed by atoms with E-state index in [1.807, 2.05) is 13.8 Å². The monoisotopic (exact) mass is 154 g/mol. The molecule has 11 heavy (non-hydrogen) atoms. The highest BCUT2D eigenvalue weighted by molar-refractivity contribution is 5.92. The number of hydrogen-bond donors (Lipinski definition) is 0. The van der Waals surface area contributed by atoms with E-state index < -0.39 is 0 Å². The average Bonchev–Trinajstić information content (AvgIpc) is 1.96. The van der Waals surface area contributed by atoms with Gasteiger partial charge in [0, 0.05) is 24.7 Å². The molecule has 0 heterocycles. The zero-order valence-corrected chi connectivity index (χ0v) is 7.09. The zero-order valence-electron chi connectivity index (χ0n) is 7.09. The van der Waals surface area contributed by atoms with Crippen LogP contribution in [-0.2, 0) is 9.59 Å². The maximum atomic E-state index is 11.1. The lowest BCUT2D eigenvalue weighted by atomic mass is 9.79. The quantitative estimate of drug-likeness (QED) is 0.618. The highest BCUT2D eigenvalue weighted by atomic mass is 16.1. The van der Waals surface area contributed by atoms with Crippen LogP contribution in [0.1, 0.15) is 33.1 Å². The Balaban J connectivity index is 2.31. The zero-order chi connectivity index (χ0) is 8.43. The molecule has 1 rings (SSSR count). The minimum atomic E-state index is 0.0740. The molecule has 0 spiro atoms. The molecule has 2 heteroatoms. The van der Waals surface area contributed by atoms with E-state index in [9.17, 15) is 9.59 Å². The summed E-state index contributed by atoms with van der Waals surface area (Å²) in [4.78, 5) is 22.0. The Kier molecular flexibility index (Phi) is 2.42. The van der Waals surface area contributed by atoms with Crippen molar-refractivity contribution < 1.29 is 9.59 Å². The SMILES string of the molecule is CC(C)C(=O)C[C@H]1CCC1=O. The molecule has 1 atom stereocenters. The van der Waals surface area contributed by atoms with E-state index >= 15 is 0 Å². The summed E-state index contributed by atoms with van der Waals surface area (Å²) >= 11 is 0. The molecule has 0 N–H and O–H groups in total. The molecule has 0 radical (unpaired) electrons. The lowest BCUT2D eigenvalue weighted by molar-refractivity contribution is -0.134. The van der Waals surface area contributed by atoms with E-state index in [0.717, 1.165) is 6.42 Å². The molecule has 1 aliphatic rings. The van der Waals surface area contributed by atoms with Gasteiger partial charge < -0.3 is 0 Å². The predicted octanol–water partition coefficient (Wildman–Crippen LogP) is 1.58. The maximum absolute atomic E-state index is 11.1. The van der Waals surface area contributed by atoms with E-state index in [2.05, 4.69) is 0 Å². The number of carbonyl (C=O) groups excluding carboxylic acids is 2. The Morgan fingerprint density at radius 2 is 2.27 bits per heavy atom. The van der Waals surface area contributed by atoms with Gasteiger partial charge in [-0.1, -0.05) is 13.8 Å². The van der Waals surface area contributed by atoms with Gasteiger partial charge in [-0.3, -0.25) is 9.59 Å². The normalized spacial score (nSPS) is 23.5. The number of ketones is 2. The fourth-order valence-electron chi connectivity index (χ4n) is 1.16. The van der Waals surface area contributed by atoms with E-state index in [1.54, 1.807) is 0 Å². The molecular weight excluding hydrogens is 140 g/mol. The first-order chi connectivity index (χ1) is 5.11. The molecule has 0 saturated heterocycles. The first-order valence-electron chi connectivity index (χ1n) is 4.16. The Labute approximate surface area is 67.0 Å². The largest absolute Gasteiger partial charge is 0.299 e. The molecule has 0 aromatic carbocycles. The first-order valence-corrected chi connectivity index (χ1v) is 4.16. The van der Waals surface area contributed by atoms with Crippen LogP contribution in [0.5, 0.6) is 0 Å². The van der Waals surface area contributed by atoms with Crippen LogP contribution in [0.4, 0.5) is 0 Å². The van der Waals surface area contributed by atoms with Crippen LogP contribution in [-0.4, -0.2) is 11.6 Å². The van der Waals surface area contributed by atoms with Gasteiger partial charge in [-0.2, -0.15) is 0 Å². The van der Waals surface area contributed by atoms with Crippen molar-refractivity contribution in [2.24, 2.45) is 11.8 Å². The lowest BCUT2D eigenvalue weighted by Gasteiger charge is -2.23. The lowest BCUT2D eigenvalue weighted by Crippen LogP contribution is -2.29. The third kappa shape index (κ3) is 1.88. The Bertz CT molecular complexity index is 182. The van der Waals surface area contributed by atoms with Crippen LogP contribution >= 0.6 is 0 Å². The molecule has 2 nitrogen and oxygen atoms in total. The van der Waals surface area contributed by atoms with Gasteiger partial charge >= 0.3 is 0 Å². The van der Waals surface area contributed by atoms with Gasteiger partial charge in [-0.05, 0) is 6.42 Å². The molecule has 62 valence electrons. The third-order valence-electron chi connectivity index (χ3n) is 2.29. The van der Waals surface area contributed by atoms with Crippen LogP contribution in [0.25, 0.3) is 0 Å². The molecule has 0 bridgehead atoms. The van der Waals surface area contributed by atoms with Gasteiger partial charge in [0.15, 0.2) is 0 Å². The van der Waals surface area contributed by atoms with Crippen molar-refractivity contribution in [3.63, 3.8) is 0 Å². The van der Waals surface area contributed by atoms with E-state index in [1.165, 1.54) is 0 Å². The second kappa shape index (κ2) is 3.16. The maximum Gasteiger partial charge on any atom is 0.136 e. The van der Waals surface area contributed by atoms with Gasteiger partial charge in [0.25, 0.3) is 0 Å². The van der Waals surface area contributed by atoms with Gasteiger partial charge in [0.05, 0.1) is 0 Å². The minimum Gasteiger partial charge on any atom is -0.299 e. The molecule has 0 unspecified atom stereocenters. The highest BCUT2D eigenvalue weighted by Crippen LogP contribution is 2.26. The van der Waals surface area contributed by atoms with Crippen LogP contribution in [0.3, 0.4) is 0 Å². The fraction of sp³-hybridized carbons (Fsp3) is 0.778. The first kappa shape index (κ1) is 8.44. The van der Waals surface area contributed by atoms with Gasteiger partial charge in [-0.15, -0.1) is 0 Å². The fourth-order valence-corrected chi connectivity index (χ4v) is 1.16. The number of carbonyl (C=O) groups is 2. The number of Topliss-reactive ketones (excluding diaryl/α,β-unsaturated/α-hetero) is 2. The standard InChI is InChI=1S/C9H14O2/c1-6(2)9(11)5-7-3-4-8(7)10/h6-7H,3-5H2,1-2H3/t7-/m1/s1. The van der Waals surface area contributed by atoms with E-state index in [-0.39, 0.29) is 23.4 Å². The smallest absolute Gasteiger partial charge is 0.136 e. The number of rotatable bonds is 3. The second-order valence-electron chi connectivity index (χ2n) is 3.53. The molecule has 1 fully saturated rings. The molecule has 0 aromatic heterocycles. The van der Waals surface area contributed by atoms with Crippen molar-refractivity contribution in [2.45, 2.75) is 33.1 Å². The molecule has 0 aliphatic heterocycles. The van der Waals surface area contributed by atoms with Crippen LogP contribution in [0, 0.1) is 11.8 Å². The van der Waals surface area contributed by atoms with Gasteiger partial charge in [0.2, 0.25) is 0 Å². The van der Waals surface area contributed by atoms with Gasteiger partial charge in [0.1, 0.15) is 11.6 Å².